The Hall–Kier alpha value is -4.04. The predicted molar refractivity (Wildman–Crippen MR) is 126 cm³/mol. The van der Waals surface area contributed by atoms with E-state index in [0.717, 1.165) is 33.3 Å². The van der Waals surface area contributed by atoms with Gasteiger partial charge in [-0.25, -0.2) is 0 Å². The van der Waals surface area contributed by atoms with Gasteiger partial charge in [0.25, 0.3) is 0 Å². The minimum atomic E-state index is 0.896. The molecule has 2 nitrogen and oxygen atoms in total. The summed E-state index contributed by atoms with van der Waals surface area (Å²) in [7, 11) is 0. The molecule has 1 N–H and O–H groups in total. The highest BCUT2D eigenvalue weighted by Gasteiger charge is 2.14. The quantitative estimate of drug-likeness (QED) is 0.332. The van der Waals surface area contributed by atoms with Gasteiger partial charge in [0.05, 0.1) is 11.1 Å². The molecule has 0 radical (unpaired) electrons. The van der Waals surface area contributed by atoms with E-state index in [4.69, 9.17) is 4.42 Å². The Morgan fingerprint density at radius 3 is 2.10 bits per heavy atom. The molecular weight excluding hydrogens is 366 g/mol. The zero-order valence-corrected chi connectivity index (χ0v) is 16.3. The molecular formula is C28H19NO. The molecule has 0 saturated carbocycles. The Bertz CT molecular complexity index is 1490. The van der Waals surface area contributed by atoms with Gasteiger partial charge in [-0.15, -0.1) is 0 Å². The van der Waals surface area contributed by atoms with E-state index in [1.165, 1.54) is 21.9 Å². The van der Waals surface area contributed by atoms with Gasteiger partial charge in [0.2, 0.25) is 0 Å². The van der Waals surface area contributed by atoms with Crippen LogP contribution in [0.25, 0.3) is 43.8 Å². The van der Waals surface area contributed by atoms with Gasteiger partial charge in [0, 0.05) is 11.1 Å². The molecule has 1 aromatic heterocycles. The molecule has 30 heavy (non-hydrogen) atoms. The van der Waals surface area contributed by atoms with Gasteiger partial charge in [0.1, 0.15) is 11.2 Å². The van der Waals surface area contributed by atoms with Crippen LogP contribution in [0.1, 0.15) is 0 Å². The average molecular weight is 385 g/mol. The molecule has 6 rings (SSSR count). The second kappa shape index (κ2) is 6.78. The zero-order chi connectivity index (χ0) is 19.9. The van der Waals surface area contributed by atoms with E-state index in [2.05, 4.69) is 96.3 Å². The third kappa shape index (κ3) is 2.73. The summed E-state index contributed by atoms with van der Waals surface area (Å²) in [6, 6.07) is 37.8. The van der Waals surface area contributed by atoms with E-state index < -0.39 is 0 Å². The van der Waals surface area contributed by atoms with Crippen LogP contribution in [0, 0.1) is 0 Å². The standard InChI is InChI=1S/C28H19NO/c1-2-7-19(8-3-1)20-13-16-22(17-14-20)29-24-11-6-12-25-28(24)27-23-10-5-4-9-21(23)15-18-26(27)30-25/h1-18,29H. The summed E-state index contributed by atoms with van der Waals surface area (Å²) in [6.45, 7) is 0. The van der Waals surface area contributed by atoms with Gasteiger partial charge in [-0.2, -0.15) is 0 Å². The van der Waals surface area contributed by atoms with Crippen LogP contribution >= 0.6 is 0 Å². The Morgan fingerprint density at radius 2 is 1.23 bits per heavy atom. The molecule has 0 unspecified atom stereocenters. The number of benzene rings is 5. The minimum absolute atomic E-state index is 0.896. The summed E-state index contributed by atoms with van der Waals surface area (Å²) in [5.74, 6) is 0. The second-order valence-electron chi connectivity index (χ2n) is 7.51. The average Bonchev–Trinajstić information content (AvgIpc) is 3.20. The maximum absolute atomic E-state index is 6.18. The van der Waals surface area contributed by atoms with E-state index in [1.807, 2.05) is 18.2 Å². The van der Waals surface area contributed by atoms with Gasteiger partial charge < -0.3 is 9.73 Å². The molecule has 0 saturated heterocycles. The van der Waals surface area contributed by atoms with Crippen molar-refractivity contribution in [3.63, 3.8) is 0 Å². The topological polar surface area (TPSA) is 25.2 Å². The lowest BCUT2D eigenvalue weighted by molar-refractivity contribution is 0.669. The smallest absolute Gasteiger partial charge is 0.137 e. The summed E-state index contributed by atoms with van der Waals surface area (Å²) >= 11 is 0. The van der Waals surface area contributed by atoms with Crippen LogP contribution in [0.2, 0.25) is 0 Å². The predicted octanol–water partition coefficient (Wildman–Crippen LogP) is 8.15. The third-order valence-corrected chi connectivity index (χ3v) is 5.66. The number of hydrogen-bond acceptors (Lipinski definition) is 2. The van der Waals surface area contributed by atoms with Gasteiger partial charge in [-0.1, -0.05) is 78.9 Å². The van der Waals surface area contributed by atoms with Crippen LogP contribution < -0.4 is 5.32 Å². The fourth-order valence-electron chi connectivity index (χ4n) is 4.22. The van der Waals surface area contributed by atoms with E-state index in [-0.39, 0.29) is 0 Å². The van der Waals surface area contributed by atoms with Crippen LogP contribution in [-0.2, 0) is 0 Å². The van der Waals surface area contributed by atoms with E-state index in [1.54, 1.807) is 0 Å². The van der Waals surface area contributed by atoms with Crippen molar-refractivity contribution in [1.82, 2.24) is 0 Å². The first-order valence-corrected chi connectivity index (χ1v) is 10.1. The van der Waals surface area contributed by atoms with Crippen molar-refractivity contribution in [3.8, 4) is 11.1 Å². The van der Waals surface area contributed by atoms with E-state index in [0.29, 0.717) is 0 Å². The van der Waals surface area contributed by atoms with Crippen LogP contribution in [0.5, 0.6) is 0 Å². The molecule has 2 heteroatoms. The fourth-order valence-corrected chi connectivity index (χ4v) is 4.22. The summed E-state index contributed by atoms with van der Waals surface area (Å²) < 4.78 is 6.18. The molecule has 0 aliphatic heterocycles. The summed E-state index contributed by atoms with van der Waals surface area (Å²) in [5.41, 5.74) is 6.34. The van der Waals surface area contributed by atoms with Crippen LogP contribution in [0.3, 0.4) is 0 Å². The highest BCUT2D eigenvalue weighted by Crippen LogP contribution is 2.39. The van der Waals surface area contributed by atoms with Gasteiger partial charge >= 0.3 is 0 Å². The second-order valence-corrected chi connectivity index (χ2v) is 7.51. The number of anilines is 2. The van der Waals surface area contributed by atoms with Crippen molar-refractivity contribution < 1.29 is 4.42 Å². The van der Waals surface area contributed by atoms with Crippen LogP contribution in [0.4, 0.5) is 11.4 Å². The molecule has 0 atom stereocenters. The van der Waals surface area contributed by atoms with Crippen molar-refractivity contribution in [2.24, 2.45) is 0 Å². The summed E-state index contributed by atoms with van der Waals surface area (Å²) in [6.07, 6.45) is 0. The monoisotopic (exact) mass is 385 g/mol. The molecule has 0 aliphatic rings. The third-order valence-electron chi connectivity index (χ3n) is 5.66. The van der Waals surface area contributed by atoms with E-state index in [9.17, 15) is 0 Å². The maximum atomic E-state index is 6.18. The maximum Gasteiger partial charge on any atom is 0.137 e. The molecule has 0 aliphatic carbocycles. The Morgan fingerprint density at radius 1 is 0.500 bits per heavy atom. The van der Waals surface area contributed by atoms with Gasteiger partial charge in [-0.05, 0) is 52.2 Å². The largest absolute Gasteiger partial charge is 0.456 e. The van der Waals surface area contributed by atoms with Gasteiger partial charge in [0.15, 0.2) is 0 Å². The van der Waals surface area contributed by atoms with Crippen LogP contribution in [-0.4, -0.2) is 0 Å². The molecule has 0 spiro atoms. The molecule has 0 bridgehead atoms. The highest BCUT2D eigenvalue weighted by molar-refractivity contribution is 6.22. The lowest BCUT2D eigenvalue weighted by atomic mass is 10.0. The van der Waals surface area contributed by atoms with Crippen LogP contribution in [0.15, 0.2) is 114 Å². The first kappa shape index (κ1) is 16.9. The Kier molecular flexibility index (Phi) is 3.82. The van der Waals surface area contributed by atoms with Crippen molar-refractivity contribution in [2.45, 2.75) is 0 Å². The minimum Gasteiger partial charge on any atom is -0.456 e. The lowest BCUT2D eigenvalue weighted by Gasteiger charge is -2.10. The van der Waals surface area contributed by atoms with Gasteiger partial charge in [-0.3, -0.25) is 0 Å². The molecule has 5 aromatic carbocycles. The fraction of sp³-hybridized carbons (Fsp3) is 0. The van der Waals surface area contributed by atoms with Crippen molar-refractivity contribution in [1.29, 1.82) is 0 Å². The number of fused-ring (bicyclic) bond motifs is 5. The summed E-state index contributed by atoms with van der Waals surface area (Å²) in [4.78, 5) is 0. The molecule has 142 valence electrons. The summed E-state index contributed by atoms with van der Waals surface area (Å²) in [5, 5.41) is 8.32. The highest BCUT2D eigenvalue weighted by atomic mass is 16.3. The Labute approximate surface area is 174 Å². The first-order chi connectivity index (χ1) is 14.9. The molecule has 6 aromatic rings. The Balaban J connectivity index is 1.47. The molecule has 1 heterocycles. The van der Waals surface area contributed by atoms with Crippen molar-refractivity contribution in [3.05, 3.63) is 109 Å². The van der Waals surface area contributed by atoms with E-state index >= 15 is 0 Å². The zero-order valence-electron chi connectivity index (χ0n) is 16.3. The van der Waals surface area contributed by atoms with Crippen molar-refractivity contribution >= 4 is 44.1 Å². The normalized spacial score (nSPS) is 11.3. The number of nitrogens with one attached hydrogen (secondary N) is 1. The molecule has 0 amide bonds. The SMILES string of the molecule is c1ccc(-c2ccc(Nc3cccc4oc5ccc6ccccc6c5c34)cc2)cc1. The number of furan rings is 1. The lowest BCUT2D eigenvalue weighted by Crippen LogP contribution is -1.91. The first-order valence-electron chi connectivity index (χ1n) is 10.1. The van der Waals surface area contributed by atoms with Crippen molar-refractivity contribution in [2.75, 3.05) is 5.32 Å². The number of hydrogen-bond donors (Lipinski definition) is 1. The number of rotatable bonds is 3. The molecule has 0 fully saturated rings.